The van der Waals surface area contributed by atoms with Gasteiger partial charge in [-0.3, -0.25) is 9.69 Å². The van der Waals surface area contributed by atoms with Crippen molar-refractivity contribution >= 4 is 40.3 Å². The number of nitrogens with one attached hydrogen (secondary N) is 1. The summed E-state index contributed by atoms with van der Waals surface area (Å²) in [5.41, 5.74) is 1.79. The number of morpholine rings is 1. The fourth-order valence-corrected chi connectivity index (χ4v) is 5.78. The molecule has 1 aromatic carbocycles. The number of amides is 1. The number of aromatic nitrogens is 1. The summed E-state index contributed by atoms with van der Waals surface area (Å²) < 4.78 is 5.49. The van der Waals surface area contributed by atoms with Gasteiger partial charge in [0.05, 0.1) is 30.0 Å². The van der Waals surface area contributed by atoms with Crippen molar-refractivity contribution in [2.45, 2.75) is 23.6 Å². The number of nitrogens with zero attached hydrogens (tertiary/aromatic N) is 2. The maximum Gasteiger partial charge on any atom is 0.251 e. The van der Waals surface area contributed by atoms with Crippen molar-refractivity contribution in [3.05, 3.63) is 68.3 Å². The molecule has 1 aliphatic heterocycles. The SMILES string of the molecule is Cc1nc(CSc2ccc(C(=O)NC[C@@H](c3cccs3)N3CCOCC3)cc2)cs1. The van der Waals surface area contributed by atoms with Crippen LogP contribution in [0.25, 0.3) is 0 Å². The van der Waals surface area contributed by atoms with Gasteiger partial charge >= 0.3 is 0 Å². The quantitative estimate of drug-likeness (QED) is 0.499. The van der Waals surface area contributed by atoms with E-state index in [0.717, 1.165) is 47.7 Å². The highest BCUT2D eigenvalue weighted by atomic mass is 32.2. The number of carbonyl (C=O) groups excluding carboxylic acids is 1. The summed E-state index contributed by atoms with van der Waals surface area (Å²) in [6, 6.07) is 12.2. The number of rotatable bonds is 8. The number of thioether (sulfide) groups is 1. The van der Waals surface area contributed by atoms with Crippen LogP contribution >= 0.6 is 34.4 Å². The summed E-state index contributed by atoms with van der Waals surface area (Å²) in [6.07, 6.45) is 0. The van der Waals surface area contributed by atoms with E-state index in [1.165, 1.54) is 4.88 Å². The zero-order chi connectivity index (χ0) is 20.8. The molecule has 1 fully saturated rings. The van der Waals surface area contributed by atoms with Crippen molar-refractivity contribution in [2.24, 2.45) is 0 Å². The van der Waals surface area contributed by atoms with Crippen LogP contribution in [0.1, 0.15) is 32.0 Å². The van der Waals surface area contributed by atoms with E-state index < -0.39 is 0 Å². The number of thiophene rings is 1. The van der Waals surface area contributed by atoms with Gasteiger partial charge in [0.1, 0.15) is 0 Å². The van der Waals surface area contributed by atoms with Gasteiger partial charge in [-0.1, -0.05) is 6.07 Å². The minimum Gasteiger partial charge on any atom is -0.379 e. The molecule has 158 valence electrons. The van der Waals surface area contributed by atoms with E-state index in [9.17, 15) is 4.79 Å². The molecule has 2 aromatic heterocycles. The minimum atomic E-state index is -0.0310. The lowest BCUT2D eigenvalue weighted by Crippen LogP contribution is -2.43. The summed E-state index contributed by atoms with van der Waals surface area (Å²) >= 11 is 5.15. The highest BCUT2D eigenvalue weighted by Gasteiger charge is 2.24. The first kappa shape index (κ1) is 21.5. The van der Waals surface area contributed by atoms with Crippen LogP contribution in [0.5, 0.6) is 0 Å². The molecule has 0 unspecified atom stereocenters. The number of aryl methyl sites for hydroxylation is 1. The Hall–Kier alpha value is -1.71. The lowest BCUT2D eigenvalue weighted by Gasteiger charge is -2.34. The Morgan fingerprint density at radius 2 is 2.03 bits per heavy atom. The zero-order valence-corrected chi connectivity index (χ0v) is 19.3. The minimum absolute atomic E-state index is 0.0310. The van der Waals surface area contributed by atoms with Crippen LogP contribution in [0.2, 0.25) is 0 Å². The van der Waals surface area contributed by atoms with E-state index in [4.69, 9.17) is 4.74 Å². The fourth-order valence-electron chi connectivity index (χ4n) is 3.41. The standard InChI is InChI=1S/C22H25N3O2S3/c1-16-24-18(14-29-16)15-30-19-6-4-17(5-7-19)22(26)23-13-20(21-3-2-12-28-21)25-8-10-27-11-9-25/h2-7,12,14,20H,8-11,13,15H2,1H3,(H,23,26)/t20-/m0/s1. The molecular weight excluding hydrogens is 434 g/mol. The van der Waals surface area contributed by atoms with Crippen LogP contribution in [0, 0.1) is 6.92 Å². The van der Waals surface area contributed by atoms with Gasteiger partial charge in [-0.05, 0) is 42.6 Å². The van der Waals surface area contributed by atoms with E-state index in [1.54, 1.807) is 34.4 Å². The molecule has 5 nitrogen and oxygen atoms in total. The maximum absolute atomic E-state index is 12.7. The lowest BCUT2D eigenvalue weighted by atomic mass is 10.1. The number of ether oxygens (including phenoxy) is 1. The van der Waals surface area contributed by atoms with Crippen LogP contribution in [0.15, 0.2) is 52.1 Å². The molecule has 0 spiro atoms. The van der Waals surface area contributed by atoms with Gasteiger partial charge in [-0.25, -0.2) is 4.98 Å². The predicted octanol–water partition coefficient (Wildman–Crippen LogP) is 4.61. The number of benzene rings is 1. The fraction of sp³-hybridized carbons (Fsp3) is 0.364. The Morgan fingerprint density at radius 1 is 1.23 bits per heavy atom. The molecule has 0 bridgehead atoms. The Morgan fingerprint density at radius 3 is 2.70 bits per heavy atom. The average molecular weight is 460 g/mol. The van der Waals surface area contributed by atoms with Gasteiger partial charge in [-0.15, -0.1) is 34.4 Å². The van der Waals surface area contributed by atoms with Crippen LogP contribution in [-0.4, -0.2) is 48.6 Å². The summed E-state index contributed by atoms with van der Waals surface area (Å²) in [7, 11) is 0. The van der Waals surface area contributed by atoms with Gasteiger partial charge in [0.2, 0.25) is 0 Å². The van der Waals surface area contributed by atoms with E-state index >= 15 is 0 Å². The van der Waals surface area contributed by atoms with E-state index in [2.05, 4.69) is 38.1 Å². The summed E-state index contributed by atoms with van der Waals surface area (Å²) in [4.78, 5) is 22.0. The van der Waals surface area contributed by atoms with Crippen LogP contribution in [0.4, 0.5) is 0 Å². The van der Waals surface area contributed by atoms with Crippen molar-refractivity contribution in [2.75, 3.05) is 32.8 Å². The van der Waals surface area contributed by atoms with Gasteiger partial charge in [0.25, 0.3) is 5.91 Å². The highest BCUT2D eigenvalue weighted by Crippen LogP contribution is 2.26. The molecular formula is C22H25N3O2S3. The molecule has 1 amide bonds. The molecule has 30 heavy (non-hydrogen) atoms. The second-order valence-corrected chi connectivity index (χ2v) is 10.2. The van der Waals surface area contributed by atoms with Crippen molar-refractivity contribution in [3.63, 3.8) is 0 Å². The Kier molecular flexibility index (Phi) is 7.57. The molecule has 3 aromatic rings. The van der Waals surface area contributed by atoms with Crippen molar-refractivity contribution < 1.29 is 9.53 Å². The first-order valence-corrected chi connectivity index (χ1v) is 12.7. The van der Waals surface area contributed by atoms with Crippen LogP contribution < -0.4 is 5.32 Å². The van der Waals surface area contributed by atoms with E-state index in [1.807, 2.05) is 31.2 Å². The number of thiazole rings is 1. The topological polar surface area (TPSA) is 54.5 Å². The molecule has 8 heteroatoms. The third-order valence-electron chi connectivity index (χ3n) is 4.98. The smallest absolute Gasteiger partial charge is 0.251 e. The zero-order valence-electron chi connectivity index (χ0n) is 16.9. The summed E-state index contributed by atoms with van der Waals surface area (Å²) in [6.45, 7) is 5.89. The molecule has 0 radical (unpaired) electrons. The Balaban J connectivity index is 1.33. The van der Waals surface area contributed by atoms with Crippen molar-refractivity contribution in [1.29, 1.82) is 0 Å². The van der Waals surface area contributed by atoms with Crippen molar-refractivity contribution in [3.8, 4) is 0 Å². The molecule has 0 saturated carbocycles. The lowest BCUT2D eigenvalue weighted by molar-refractivity contribution is 0.0169. The summed E-state index contributed by atoms with van der Waals surface area (Å²) in [5, 5.41) is 8.42. The average Bonchev–Trinajstić information content (AvgIpc) is 3.45. The molecule has 1 saturated heterocycles. The molecule has 0 aliphatic carbocycles. The van der Waals surface area contributed by atoms with Gasteiger partial charge in [0, 0.05) is 46.1 Å². The molecule has 1 atom stereocenters. The molecule has 1 N–H and O–H groups in total. The van der Waals surface area contributed by atoms with E-state index in [0.29, 0.717) is 12.1 Å². The molecule has 3 heterocycles. The largest absolute Gasteiger partial charge is 0.379 e. The third-order valence-corrected chi connectivity index (χ3v) is 7.83. The monoisotopic (exact) mass is 459 g/mol. The van der Waals surface area contributed by atoms with Gasteiger partial charge in [0.15, 0.2) is 0 Å². The number of carbonyl (C=O) groups is 1. The summed E-state index contributed by atoms with van der Waals surface area (Å²) in [5.74, 6) is 0.814. The highest BCUT2D eigenvalue weighted by molar-refractivity contribution is 7.98. The first-order valence-electron chi connectivity index (χ1n) is 9.96. The first-order chi connectivity index (χ1) is 14.7. The molecule has 1 aliphatic rings. The predicted molar refractivity (Wildman–Crippen MR) is 125 cm³/mol. The van der Waals surface area contributed by atoms with Gasteiger partial charge in [-0.2, -0.15) is 0 Å². The Bertz CT molecular complexity index is 935. The molecule has 4 rings (SSSR count). The second kappa shape index (κ2) is 10.5. The Labute approximate surface area is 189 Å². The number of hydrogen-bond donors (Lipinski definition) is 1. The maximum atomic E-state index is 12.7. The second-order valence-electron chi connectivity index (χ2n) is 7.06. The van der Waals surface area contributed by atoms with Crippen LogP contribution in [0.3, 0.4) is 0 Å². The van der Waals surface area contributed by atoms with E-state index in [-0.39, 0.29) is 11.9 Å². The normalized spacial score (nSPS) is 15.8. The van der Waals surface area contributed by atoms with Crippen molar-refractivity contribution in [1.82, 2.24) is 15.2 Å². The number of hydrogen-bond acceptors (Lipinski definition) is 7. The third kappa shape index (κ3) is 5.70. The van der Waals surface area contributed by atoms with Gasteiger partial charge < -0.3 is 10.1 Å². The van der Waals surface area contributed by atoms with Crippen LogP contribution in [-0.2, 0) is 10.5 Å².